The molecule has 162 valence electrons. The largest absolute Gasteiger partial charge is 0.488 e. The topological polar surface area (TPSA) is 137 Å². The summed E-state index contributed by atoms with van der Waals surface area (Å²) in [6.45, 7) is 1.53. The lowest BCUT2D eigenvalue weighted by Gasteiger charge is -2.26. The first-order chi connectivity index (χ1) is 14.9. The van der Waals surface area contributed by atoms with Crippen LogP contribution in [0.3, 0.4) is 0 Å². The second kappa shape index (κ2) is 8.87. The maximum Gasteiger partial charge on any atom is 0.227 e. The first-order valence-electron chi connectivity index (χ1n) is 10.4. The molecular weight excluding hydrogens is 394 g/mol. The highest BCUT2D eigenvalue weighted by Crippen LogP contribution is 2.30. The third-order valence-electron chi connectivity index (χ3n) is 5.53. The van der Waals surface area contributed by atoms with Crippen LogP contribution in [-0.4, -0.2) is 44.2 Å². The van der Waals surface area contributed by atoms with Gasteiger partial charge in [0.15, 0.2) is 0 Å². The summed E-state index contributed by atoms with van der Waals surface area (Å²) < 4.78 is 6.21. The van der Waals surface area contributed by atoms with Gasteiger partial charge in [0.1, 0.15) is 11.3 Å². The minimum atomic E-state index is -0.893. The molecule has 0 saturated heterocycles. The van der Waals surface area contributed by atoms with Gasteiger partial charge < -0.3 is 31.4 Å². The maximum absolute atomic E-state index is 9.72. The van der Waals surface area contributed by atoms with Crippen molar-refractivity contribution in [1.29, 1.82) is 5.41 Å². The number of hydrogen-bond acceptors (Lipinski definition) is 8. The summed E-state index contributed by atoms with van der Waals surface area (Å²) in [5.74, 6) is 1.10. The molecule has 0 aliphatic heterocycles. The van der Waals surface area contributed by atoms with E-state index in [1.165, 1.54) is 6.92 Å². The molecule has 1 unspecified atom stereocenters. The first-order valence-corrected chi connectivity index (χ1v) is 10.4. The molecule has 8 heteroatoms. The van der Waals surface area contributed by atoms with Crippen LogP contribution >= 0.6 is 0 Å². The normalized spacial score (nSPS) is 19.7. The SMILES string of the molecule is CC(O)C(=N)c1ccc(Nc2ncc3cccc(O[C@H]4CC[C@@H](O)CC4)c3n2)cc1N. The predicted molar refractivity (Wildman–Crippen MR) is 121 cm³/mol. The van der Waals surface area contributed by atoms with Crippen molar-refractivity contribution in [2.75, 3.05) is 11.1 Å². The average molecular weight is 422 g/mol. The Balaban J connectivity index is 1.56. The van der Waals surface area contributed by atoms with E-state index in [-0.39, 0.29) is 17.9 Å². The first kappa shape index (κ1) is 21.0. The molecule has 1 fully saturated rings. The van der Waals surface area contributed by atoms with Gasteiger partial charge in [-0.2, -0.15) is 0 Å². The number of para-hydroxylation sites is 1. The van der Waals surface area contributed by atoms with Gasteiger partial charge in [-0.1, -0.05) is 12.1 Å². The van der Waals surface area contributed by atoms with Crippen molar-refractivity contribution in [2.24, 2.45) is 0 Å². The summed E-state index contributed by atoms with van der Waals surface area (Å²) in [4.78, 5) is 9.03. The smallest absolute Gasteiger partial charge is 0.227 e. The molecule has 1 aromatic heterocycles. The number of aromatic nitrogens is 2. The third-order valence-corrected chi connectivity index (χ3v) is 5.53. The lowest BCUT2D eigenvalue weighted by Crippen LogP contribution is -2.26. The monoisotopic (exact) mass is 421 g/mol. The number of nitrogen functional groups attached to an aromatic ring is 1. The number of nitrogens with two attached hydrogens (primary N) is 1. The minimum absolute atomic E-state index is 0.0666. The Morgan fingerprint density at radius 1 is 1.23 bits per heavy atom. The minimum Gasteiger partial charge on any atom is -0.488 e. The van der Waals surface area contributed by atoms with E-state index in [2.05, 4.69) is 15.3 Å². The van der Waals surface area contributed by atoms with Gasteiger partial charge in [-0.3, -0.25) is 0 Å². The molecular formula is C23H27N5O3. The summed E-state index contributed by atoms with van der Waals surface area (Å²) in [6, 6.07) is 10.9. The highest BCUT2D eigenvalue weighted by Gasteiger charge is 2.21. The molecule has 0 bridgehead atoms. The molecule has 1 heterocycles. The summed E-state index contributed by atoms with van der Waals surface area (Å²) in [5.41, 5.74) is 8.42. The zero-order valence-electron chi connectivity index (χ0n) is 17.4. The van der Waals surface area contributed by atoms with E-state index in [0.29, 0.717) is 34.2 Å². The van der Waals surface area contributed by atoms with Crippen molar-refractivity contribution in [3.63, 3.8) is 0 Å². The molecule has 31 heavy (non-hydrogen) atoms. The number of benzene rings is 2. The number of aliphatic hydroxyl groups excluding tert-OH is 2. The van der Waals surface area contributed by atoms with Crippen LogP contribution in [0.4, 0.5) is 17.3 Å². The number of anilines is 3. The Labute approximate surface area is 180 Å². The van der Waals surface area contributed by atoms with E-state index >= 15 is 0 Å². The standard InChI is InChI=1S/C23H27N5O3/c1-13(29)21(25)18-10-5-15(11-19(18)24)27-23-26-12-14-3-2-4-20(22(14)28-23)31-17-8-6-16(30)7-9-17/h2-5,10-13,16-17,25,29-30H,6-9,24H2,1H3,(H,26,27,28)/t13?,16-,17+. The Morgan fingerprint density at radius 3 is 2.71 bits per heavy atom. The molecule has 2 aromatic carbocycles. The molecule has 1 atom stereocenters. The Morgan fingerprint density at radius 2 is 2.00 bits per heavy atom. The van der Waals surface area contributed by atoms with E-state index in [0.717, 1.165) is 31.1 Å². The number of nitrogens with zero attached hydrogens (tertiary/aromatic N) is 2. The maximum atomic E-state index is 9.72. The number of rotatable bonds is 6. The Kier molecular flexibility index (Phi) is 6.01. The van der Waals surface area contributed by atoms with Crippen LogP contribution in [0, 0.1) is 5.41 Å². The molecule has 0 amide bonds. The number of fused-ring (bicyclic) bond motifs is 1. The number of aliphatic hydroxyl groups is 2. The van der Waals surface area contributed by atoms with Crippen LogP contribution in [-0.2, 0) is 0 Å². The van der Waals surface area contributed by atoms with Crippen molar-refractivity contribution in [1.82, 2.24) is 9.97 Å². The van der Waals surface area contributed by atoms with Gasteiger partial charge in [-0.05, 0) is 56.9 Å². The van der Waals surface area contributed by atoms with E-state index in [1.54, 1.807) is 24.4 Å². The molecule has 0 radical (unpaired) electrons. The van der Waals surface area contributed by atoms with Gasteiger partial charge in [-0.25, -0.2) is 9.97 Å². The van der Waals surface area contributed by atoms with E-state index < -0.39 is 6.10 Å². The van der Waals surface area contributed by atoms with Crippen LogP contribution in [0.5, 0.6) is 5.75 Å². The molecule has 1 aliphatic rings. The fourth-order valence-corrected chi connectivity index (χ4v) is 3.77. The van der Waals surface area contributed by atoms with Gasteiger partial charge in [0, 0.05) is 28.5 Å². The molecule has 1 aliphatic carbocycles. The fraction of sp³-hybridized carbons (Fsp3) is 0.348. The van der Waals surface area contributed by atoms with Gasteiger partial charge in [0.05, 0.1) is 24.0 Å². The lowest BCUT2D eigenvalue weighted by molar-refractivity contribution is 0.0672. The van der Waals surface area contributed by atoms with Crippen molar-refractivity contribution in [2.45, 2.75) is 50.9 Å². The Hall–Kier alpha value is -3.23. The summed E-state index contributed by atoms with van der Waals surface area (Å²) in [7, 11) is 0. The number of ether oxygens (including phenoxy) is 1. The highest BCUT2D eigenvalue weighted by atomic mass is 16.5. The molecule has 3 aromatic rings. The van der Waals surface area contributed by atoms with Crippen molar-refractivity contribution >= 4 is 33.9 Å². The Bertz CT molecular complexity index is 1090. The molecule has 0 spiro atoms. The quantitative estimate of drug-likeness (QED) is 0.304. The van der Waals surface area contributed by atoms with Gasteiger partial charge in [-0.15, -0.1) is 0 Å². The second-order valence-electron chi connectivity index (χ2n) is 7.95. The summed E-state index contributed by atoms with van der Waals surface area (Å²) in [6.07, 6.45) is 3.83. The lowest BCUT2D eigenvalue weighted by atomic mass is 9.95. The van der Waals surface area contributed by atoms with Crippen LogP contribution < -0.4 is 15.8 Å². The van der Waals surface area contributed by atoms with Crippen LogP contribution in [0.25, 0.3) is 10.9 Å². The van der Waals surface area contributed by atoms with E-state index in [9.17, 15) is 10.2 Å². The number of nitrogens with one attached hydrogen (secondary N) is 2. The average Bonchev–Trinajstić information content (AvgIpc) is 2.75. The van der Waals surface area contributed by atoms with E-state index in [4.69, 9.17) is 15.9 Å². The molecule has 6 N–H and O–H groups in total. The van der Waals surface area contributed by atoms with Crippen LogP contribution in [0.15, 0.2) is 42.6 Å². The van der Waals surface area contributed by atoms with Gasteiger partial charge in [0.2, 0.25) is 5.95 Å². The van der Waals surface area contributed by atoms with Gasteiger partial charge >= 0.3 is 0 Å². The summed E-state index contributed by atoms with van der Waals surface area (Å²) >= 11 is 0. The van der Waals surface area contributed by atoms with E-state index in [1.807, 2.05) is 18.2 Å². The molecule has 1 saturated carbocycles. The zero-order valence-corrected chi connectivity index (χ0v) is 17.4. The zero-order chi connectivity index (χ0) is 22.0. The third kappa shape index (κ3) is 4.76. The van der Waals surface area contributed by atoms with Crippen molar-refractivity contribution < 1.29 is 14.9 Å². The van der Waals surface area contributed by atoms with Crippen molar-refractivity contribution in [3.8, 4) is 5.75 Å². The highest BCUT2D eigenvalue weighted by molar-refractivity contribution is 6.05. The summed E-state index contributed by atoms with van der Waals surface area (Å²) in [5, 5.41) is 31.3. The molecule has 4 rings (SSSR count). The fourth-order valence-electron chi connectivity index (χ4n) is 3.77. The van der Waals surface area contributed by atoms with Crippen LogP contribution in [0.1, 0.15) is 38.2 Å². The van der Waals surface area contributed by atoms with Gasteiger partial charge in [0.25, 0.3) is 0 Å². The van der Waals surface area contributed by atoms with Crippen LogP contribution in [0.2, 0.25) is 0 Å². The number of hydrogen-bond donors (Lipinski definition) is 5. The predicted octanol–water partition coefficient (Wildman–Crippen LogP) is 3.39. The second-order valence-corrected chi connectivity index (χ2v) is 7.95. The molecule has 8 nitrogen and oxygen atoms in total. The van der Waals surface area contributed by atoms with Crippen molar-refractivity contribution in [3.05, 3.63) is 48.2 Å².